The third-order valence-electron chi connectivity index (χ3n) is 0. The summed E-state index contributed by atoms with van der Waals surface area (Å²) in [5.74, 6) is 0. The molecule has 0 saturated heterocycles. The van der Waals surface area contributed by atoms with Gasteiger partial charge in [-0.1, -0.05) is 0 Å². The molecule has 180 valence electrons. The van der Waals surface area contributed by atoms with Crippen molar-refractivity contribution in [3.63, 3.8) is 0 Å². The first-order valence-corrected chi connectivity index (χ1v) is 0. The lowest BCUT2D eigenvalue weighted by atomic mass is 16.0. The molecule has 0 spiro atoms. The molecule has 0 aliphatic rings. The van der Waals surface area contributed by atoms with Gasteiger partial charge in [-0.3, -0.25) is 0 Å². The minimum atomic E-state index is 0. The molecule has 36 N–H and O–H groups in total. The number of hydrogen-bond acceptors (Lipinski definition) is 0. The Morgan fingerprint density at radius 1 is 0.0741 bits per heavy atom. The third-order valence-corrected chi connectivity index (χ3v) is 0. The van der Waals surface area contributed by atoms with Gasteiger partial charge < -0.3 is 98.6 Å². The molecule has 18 nitrogen and oxygen atoms in total. The van der Waals surface area contributed by atoms with Gasteiger partial charge in [0.1, 0.15) is 0 Å². The fourth-order valence-corrected chi connectivity index (χ4v) is 0. The molecule has 0 amide bonds. The second-order valence-corrected chi connectivity index (χ2v) is 0. The van der Waals surface area contributed by atoms with Crippen LogP contribution in [0.15, 0.2) is 0 Å². The Morgan fingerprint density at radius 2 is 0.0741 bits per heavy atom. The second kappa shape index (κ2) is 820. The molecule has 0 aromatic carbocycles. The van der Waals surface area contributed by atoms with Crippen LogP contribution in [0.1, 0.15) is 0 Å². The molecule has 0 radical (unpaired) electrons. The van der Waals surface area contributed by atoms with E-state index >= 15 is 0 Å². The van der Waals surface area contributed by atoms with Gasteiger partial charge in [0.25, 0.3) is 0 Å². The van der Waals surface area contributed by atoms with Crippen LogP contribution in [0, 0.1) is 0 Å². The van der Waals surface area contributed by atoms with Gasteiger partial charge in [0.2, 0.25) is 0 Å². The maximum atomic E-state index is 0. The van der Waals surface area contributed by atoms with Crippen LogP contribution < -0.4 is 0 Å². The molecule has 0 heterocycles. The molecule has 0 atom stereocenters. The Hall–Kier alpha value is 6.18. The number of rotatable bonds is 0. The van der Waals surface area contributed by atoms with E-state index in [1.807, 2.05) is 0 Å². The lowest BCUT2D eigenvalue weighted by Gasteiger charge is -0.413. The van der Waals surface area contributed by atoms with Crippen LogP contribution in [0.4, 0.5) is 0 Å². The molecule has 0 saturated carbocycles. The summed E-state index contributed by atoms with van der Waals surface area (Å²) in [6.07, 6.45) is 0. The van der Waals surface area contributed by atoms with Crippen molar-refractivity contribution in [1.29, 1.82) is 0 Å². The monoisotopic (exact) mass is 558 g/mol. The van der Waals surface area contributed by atoms with Crippen molar-refractivity contribution in [2.45, 2.75) is 0 Å². The molecule has 0 rings (SSSR count). The van der Waals surface area contributed by atoms with Gasteiger partial charge in [0.15, 0.2) is 0 Å². The maximum absolute atomic E-state index is 0. The molecular formula is H54Mg9O18. The van der Waals surface area contributed by atoms with Crippen molar-refractivity contribution < 1.29 is 98.6 Å². The first-order chi connectivity index (χ1) is 0. The van der Waals surface area contributed by atoms with Crippen LogP contribution in [0.5, 0.6) is 0 Å². The van der Waals surface area contributed by atoms with Crippen molar-refractivity contribution in [2.24, 2.45) is 0 Å². The van der Waals surface area contributed by atoms with E-state index in [0.717, 1.165) is 0 Å². The topological polar surface area (TPSA) is 567 Å². The van der Waals surface area contributed by atoms with E-state index in [1.54, 1.807) is 0 Å². The van der Waals surface area contributed by atoms with Crippen molar-refractivity contribution >= 4 is 207 Å². The third kappa shape index (κ3) is 768. The lowest BCUT2D eigenvalue weighted by Crippen LogP contribution is -0.382. The van der Waals surface area contributed by atoms with Gasteiger partial charge in [0, 0.05) is 0 Å². The standard InChI is InChI=1S/9Mg.18H2O.18H/h;;;;;;;;;18*1H2;;;;;;;;;;;;;;;;;;. The summed E-state index contributed by atoms with van der Waals surface area (Å²) < 4.78 is 0. The summed E-state index contributed by atoms with van der Waals surface area (Å²) in [6.45, 7) is 0. The predicted molar refractivity (Wildman–Crippen MR) is 142 cm³/mol. The summed E-state index contributed by atoms with van der Waals surface area (Å²) in [4.78, 5) is 0. The van der Waals surface area contributed by atoms with E-state index in [-0.39, 0.29) is 306 Å². The second-order valence-electron chi connectivity index (χ2n) is 0. The van der Waals surface area contributed by atoms with Gasteiger partial charge in [0.05, 0.1) is 0 Å². The molecule has 0 bridgehead atoms. The van der Waals surface area contributed by atoms with E-state index in [1.165, 1.54) is 0 Å². The highest BCUT2D eigenvalue weighted by atomic mass is 24.3. The predicted octanol–water partition coefficient (Wildman–Crippen LogP) is -23.1. The van der Waals surface area contributed by atoms with Crippen LogP contribution in [0.3, 0.4) is 0 Å². The Labute approximate surface area is 300 Å². The van der Waals surface area contributed by atoms with Crippen molar-refractivity contribution in [2.75, 3.05) is 0 Å². The average Bonchev–Trinajstić information content (AvgIpc) is 0. The van der Waals surface area contributed by atoms with Crippen LogP contribution in [0.25, 0.3) is 0 Å². The SMILES string of the molecule is O.O.O.O.O.O.O.O.O.O.O.O.O.O.O.O.O.O.[MgH2].[MgH2].[MgH2].[MgH2].[MgH2].[MgH2].[MgH2].[MgH2].[MgH2]. The highest BCUT2D eigenvalue weighted by Gasteiger charge is 0.324. The summed E-state index contributed by atoms with van der Waals surface area (Å²) in [5.41, 5.74) is 0. The average molecular weight is 561 g/mol. The molecule has 0 aliphatic carbocycles. The van der Waals surface area contributed by atoms with E-state index in [4.69, 9.17) is 0 Å². The smallest absolute Gasteiger partial charge is 0.316 e. The molecule has 0 fully saturated rings. The fraction of sp³-hybridized carbons (Fsp3) is 0. The van der Waals surface area contributed by atoms with Crippen LogP contribution in [-0.2, 0) is 0 Å². The van der Waals surface area contributed by atoms with Crippen LogP contribution in [-0.4, -0.2) is 306 Å². The Balaban J connectivity index is 0. The van der Waals surface area contributed by atoms with Crippen LogP contribution in [0.2, 0.25) is 0 Å². The molecule has 0 aromatic heterocycles. The summed E-state index contributed by atoms with van der Waals surface area (Å²) in [7, 11) is 0. The van der Waals surface area contributed by atoms with Crippen molar-refractivity contribution in [3.05, 3.63) is 0 Å². The molecular weight excluding hydrogens is 507 g/mol. The fourth-order valence-electron chi connectivity index (χ4n) is 0. The zero-order chi connectivity index (χ0) is 0. The minimum absolute atomic E-state index is 0. The van der Waals surface area contributed by atoms with Gasteiger partial charge in [-0.05, 0) is 0 Å². The maximum Gasteiger partial charge on any atom is 0.316 e. The molecule has 27 heavy (non-hydrogen) atoms. The Bertz CT molecular complexity index is 24.8. The summed E-state index contributed by atoms with van der Waals surface area (Å²) in [5, 5.41) is 0. The first kappa shape index (κ1) is 900. The molecule has 0 aromatic rings. The zero-order valence-electron chi connectivity index (χ0n) is 9.00. The quantitative estimate of drug-likeness (QED) is 0.249. The van der Waals surface area contributed by atoms with Crippen molar-refractivity contribution in [1.82, 2.24) is 0 Å². The number of hydrogen-bond donors (Lipinski definition) is 0. The zero-order valence-corrected chi connectivity index (χ0v) is 9.00. The lowest BCUT2D eigenvalue weighted by molar-refractivity contribution is 0.823. The van der Waals surface area contributed by atoms with E-state index < -0.39 is 0 Å². The highest BCUT2D eigenvalue weighted by Crippen LogP contribution is -0.271. The van der Waals surface area contributed by atoms with E-state index in [0.29, 0.717) is 0 Å². The van der Waals surface area contributed by atoms with E-state index in [9.17, 15) is 0 Å². The molecule has 0 aliphatic heterocycles. The van der Waals surface area contributed by atoms with Gasteiger partial charge >= 0.3 is 207 Å². The van der Waals surface area contributed by atoms with Gasteiger partial charge in [-0.25, -0.2) is 0 Å². The first-order valence-electron chi connectivity index (χ1n) is 0. The van der Waals surface area contributed by atoms with E-state index in [2.05, 4.69) is 0 Å². The van der Waals surface area contributed by atoms with Gasteiger partial charge in [-0.15, -0.1) is 0 Å². The Kier molecular flexibility index (Phi) is 27300. The summed E-state index contributed by atoms with van der Waals surface area (Å²) >= 11 is 0. The minimum Gasteiger partial charge on any atom is -0.412 e. The normalized spacial score (nSPS) is 0. The summed E-state index contributed by atoms with van der Waals surface area (Å²) in [6, 6.07) is 0. The molecule has 0 unspecified atom stereocenters. The van der Waals surface area contributed by atoms with Crippen LogP contribution >= 0.6 is 0 Å². The Morgan fingerprint density at radius 3 is 0.0741 bits per heavy atom. The van der Waals surface area contributed by atoms with Crippen molar-refractivity contribution in [3.8, 4) is 0 Å². The molecule has 27 heteroatoms. The van der Waals surface area contributed by atoms with Gasteiger partial charge in [-0.2, -0.15) is 0 Å². The highest BCUT2D eigenvalue weighted by molar-refractivity contribution is 5.76. The largest absolute Gasteiger partial charge is 0.412 e.